The summed E-state index contributed by atoms with van der Waals surface area (Å²) >= 11 is 0. The van der Waals surface area contributed by atoms with Crippen LogP contribution in [0.2, 0.25) is 0 Å². The lowest BCUT2D eigenvalue weighted by Gasteiger charge is -2.45. The molecule has 0 aromatic carbocycles. The highest BCUT2D eigenvalue weighted by Crippen LogP contribution is 2.34. The lowest BCUT2D eigenvalue weighted by molar-refractivity contribution is 0.419. The molecule has 0 N–H and O–H groups in total. The molecule has 0 aliphatic carbocycles. The van der Waals surface area contributed by atoms with E-state index in [1.54, 1.807) is 0 Å². The minimum Gasteiger partial charge on any atom is -0.363 e. The minimum atomic E-state index is 0.178. The molecule has 82 valence electrons. The van der Waals surface area contributed by atoms with Crippen LogP contribution in [0.15, 0.2) is 18.3 Å². The van der Waals surface area contributed by atoms with Gasteiger partial charge < -0.3 is 4.90 Å². The zero-order valence-corrected chi connectivity index (χ0v) is 10.1. The number of hydrogen-bond acceptors (Lipinski definition) is 2. The summed E-state index contributed by atoms with van der Waals surface area (Å²) in [6, 6.07) is 4.85. The van der Waals surface area contributed by atoms with E-state index in [4.69, 9.17) is 0 Å². The predicted molar refractivity (Wildman–Crippen MR) is 64.3 cm³/mol. The fraction of sp³-hybridized carbons (Fsp3) is 0.615. The second-order valence-corrected chi connectivity index (χ2v) is 5.40. The molecule has 15 heavy (non-hydrogen) atoms. The Bertz CT molecular complexity index is 352. The van der Waals surface area contributed by atoms with Crippen LogP contribution in [0.3, 0.4) is 0 Å². The largest absolute Gasteiger partial charge is 0.363 e. The first-order valence-electron chi connectivity index (χ1n) is 5.73. The van der Waals surface area contributed by atoms with E-state index in [0.29, 0.717) is 6.04 Å². The summed E-state index contributed by atoms with van der Waals surface area (Å²) < 4.78 is 0. The van der Waals surface area contributed by atoms with Crippen LogP contribution in [0.5, 0.6) is 0 Å². The number of hydrogen-bond donors (Lipinski definition) is 0. The first kappa shape index (κ1) is 10.5. The van der Waals surface area contributed by atoms with Crippen LogP contribution < -0.4 is 4.90 Å². The van der Waals surface area contributed by atoms with E-state index in [2.05, 4.69) is 43.6 Å². The molecule has 2 nitrogen and oxygen atoms in total. The smallest absolute Gasteiger partial charge is 0.0637 e. The highest BCUT2D eigenvalue weighted by molar-refractivity contribution is 5.55. The summed E-state index contributed by atoms with van der Waals surface area (Å²) in [4.78, 5) is 6.97. The van der Waals surface area contributed by atoms with Gasteiger partial charge in [-0.3, -0.25) is 4.98 Å². The first-order chi connectivity index (χ1) is 7.00. The Labute approximate surface area is 92.3 Å². The molecule has 0 fully saturated rings. The third-order valence-corrected chi connectivity index (χ3v) is 3.09. The van der Waals surface area contributed by atoms with Gasteiger partial charge in [0.25, 0.3) is 0 Å². The lowest BCUT2D eigenvalue weighted by atomic mass is 9.94. The SMILES string of the molecule is C[C@@H]1CCc2ncccc2N1C(C)(C)C. The molecule has 2 heteroatoms. The van der Waals surface area contributed by atoms with Crippen LogP contribution in [0.25, 0.3) is 0 Å². The van der Waals surface area contributed by atoms with E-state index in [-0.39, 0.29) is 5.54 Å². The van der Waals surface area contributed by atoms with Crippen molar-refractivity contribution in [2.24, 2.45) is 0 Å². The van der Waals surface area contributed by atoms with Crippen molar-refractivity contribution in [3.05, 3.63) is 24.0 Å². The zero-order valence-electron chi connectivity index (χ0n) is 10.1. The molecule has 1 atom stereocenters. The van der Waals surface area contributed by atoms with Gasteiger partial charge in [0.15, 0.2) is 0 Å². The van der Waals surface area contributed by atoms with E-state index in [9.17, 15) is 0 Å². The summed E-state index contributed by atoms with van der Waals surface area (Å²) in [6.07, 6.45) is 4.22. The Hall–Kier alpha value is -1.05. The van der Waals surface area contributed by atoms with Crippen molar-refractivity contribution in [1.82, 2.24) is 4.98 Å². The van der Waals surface area contributed by atoms with Crippen molar-refractivity contribution in [3.63, 3.8) is 0 Å². The van der Waals surface area contributed by atoms with Crippen LogP contribution in [0.1, 0.15) is 39.8 Å². The highest BCUT2D eigenvalue weighted by Gasteiger charge is 2.31. The molecule has 1 aliphatic rings. The highest BCUT2D eigenvalue weighted by atomic mass is 15.2. The van der Waals surface area contributed by atoms with Gasteiger partial charge in [0, 0.05) is 17.8 Å². The summed E-state index contributed by atoms with van der Waals surface area (Å²) in [5, 5.41) is 0. The maximum atomic E-state index is 4.48. The second-order valence-electron chi connectivity index (χ2n) is 5.40. The maximum Gasteiger partial charge on any atom is 0.0637 e. The first-order valence-corrected chi connectivity index (χ1v) is 5.73. The molecule has 2 heterocycles. The van der Waals surface area contributed by atoms with E-state index in [0.717, 1.165) is 6.42 Å². The molecular formula is C13H20N2. The Morgan fingerprint density at radius 1 is 1.40 bits per heavy atom. The monoisotopic (exact) mass is 204 g/mol. The summed E-state index contributed by atoms with van der Waals surface area (Å²) in [6.45, 7) is 9.12. The van der Waals surface area contributed by atoms with Crippen molar-refractivity contribution < 1.29 is 0 Å². The molecule has 1 aliphatic heterocycles. The van der Waals surface area contributed by atoms with Gasteiger partial charge in [0.2, 0.25) is 0 Å². The van der Waals surface area contributed by atoms with E-state index in [1.165, 1.54) is 17.8 Å². The van der Waals surface area contributed by atoms with Gasteiger partial charge in [0.05, 0.1) is 11.4 Å². The maximum absolute atomic E-state index is 4.48. The molecule has 1 aromatic heterocycles. The van der Waals surface area contributed by atoms with Crippen LogP contribution in [0, 0.1) is 0 Å². The number of pyridine rings is 1. The number of anilines is 1. The molecule has 2 rings (SSSR count). The number of rotatable bonds is 0. The van der Waals surface area contributed by atoms with Gasteiger partial charge in [-0.25, -0.2) is 0 Å². The third-order valence-electron chi connectivity index (χ3n) is 3.09. The van der Waals surface area contributed by atoms with E-state index >= 15 is 0 Å². The van der Waals surface area contributed by atoms with Crippen molar-refractivity contribution in [2.75, 3.05) is 4.90 Å². The molecule has 0 bridgehead atoms. The van der Waals surface area contributed by atoms with E-state index < -0.39 is 0 Å². The Morgan fingerprint density at radius 3 is 2.80 bits per heavy atom. The van der Waals surface area contributed by atoms with Crippen LogP contribution >= 0.6 is 0 Å². The Kier molecular flexibility index (Phi) is 2.45. The van der Waals surface area contributed by atoms with E-state index in [1.807, 2.05) is 12.3 Å². The average Bonchev–Trinajstić information content (AvgIpc) is 2.15. The summed E-state index contributed by atoms with van der Waals surface area (Å²) in [7, 11) is 0. The molecular weight excluding hydrogens is 184 g/mol. The third kappa shape index (κ3) is 1.85. The quantitative estimate of drug-likeness (QED) is 0.645. The minimum absolute atomic E-state index is 0.178. The van der Waals surface area contributed by atoms with Crippen LogP contribution in [-0.2, 0) is 6.42 Å². The number of aryl methyl sites for hydroxylation is 1. The molecule has 0 saturated carbocycles. The van der Waals surface area contributed by atoms with Gasteiger partial charge >= 0.3 is 0 Å². The Balaban J connectivity index is 2.46. The van der Waals surface area contributed by atoms with Gasteiger partial charge in [-0.1, -0.05) is 0 Å². The normalized spacial score (nSPS) is 21.3. The molecule has 0 radical (unpaired) electrons. The fourth-order valence-corrected chi connectivity index (χ4v) is 2.58. The fourth-order valence-electron chi connectivity index (χ4n) is 2.58. The van der Waals surface area contributed by atoms with Crippen molar-refractivity contribution in [1.29, 1.82) is 0 Å². The molecule has 0 amide bonds. The standard InChI is InChI=1S/C13H20N2/c1-10-7-8-11-12(6-5-9-14-11)15(10)13(2,3)4/h5-6,9-10H,7-8H2,1-4H3/t10-/m1/s1. The Morgan fingerprint density at radius 2 is 2.13 bits per heavy atom. The molecule has 0 unspecified atom stereocenters. The average molecular weight is 204 g/mol. The van der Waals surface area contributed by atoms with Crippen LogP contribution in [-0.4, -0.2) is 16.6 Å². The second kappa shape index (κ2) is 3.51. The van der Waals surface area contributed by atoms with Crippen molar-refractivity contribution >= 4 is 5.69 Å². The van der Waals surface area contributed by atoms with Crippen LogP contribution in [0.4, 0.5) is 5.69 Å². The molecule has 1 aromatic rings. The summed E-state index contributed by atoms with van der Waals surface area (Å²) in [5.41, 5.74) is 2.76. The lowest BCUT2D eigenvalue weighted by Crippen LogP contribution is -2.49. The number of fused-ring (bicyclic) bond motifs is 1. The van der Waals surface area contributed by atoms with Gasteiger partial charge in [0.1, 0.15) is 0 Å². The predicted octanol–water partition coefficient (Wildman–Crippen LogP) is 3.02. The summed E-state index contributed by atoms with van der Waals surface area (Å²) in [5.74, 6) is 0. The number of aromatic nitrogens is 1. The van der Waals surface area contributed by atoms with Crippen molar-refractivity contribution in [2.45, 2.75) is 52.1 Å². The zero-order chi connectivity index (χ0) is 11.1. The molecule has 0 saturated heterocycles. The van der Waals surface area contributed by atoms with Gasteiger partial charge in [-0.15, -0.1) is 0 Å². The van der Waals surface area contributed by atoms with Crippen molar-refractivity contribution in [3.8, 4) is 0 Å². The topological polar surface area (TPSA) is 16.1 Å². The van der Waals surface area contributed by atoms with Gasteiger partial charge in [-0.2, -0.15) is 0 Å². The van der Waals surface area contributed by atoms with Gasteiger partial charge in [-0.05, 0) is 52.7 Å². The number of nitrogens with zero attached hydrogens (tertiary/aromatic N) is 2. The molecule has 0 spiro atoms.